The Kier molecular flexibility index (Phi) is 2.55. The third-order valence-electron chi connectivity index (χ3n) is 3.11. The van der Waals surface area contributed by atoms with Gasteiger partial charge in [0.05, 0.1) is 12.2 Å². The molecule has 0 bridgehead atoms. The SMILES string of the molecule is CC(O)C1(C)CCC(O)CC1. The molecule has 0 radical (unpaired) electrons. The second-order valence-corrected chi connectivity index (χ2v) is 4.06. The lowest BCUT2D eigenvalue weighted by Gasteiger charge is -2.38. The van der Waals surface area contributed by atoms with Gasteiger partial charge in [-0.05, 0) is 38.0 Å². The van der Waals surface area contributed by atoms with Crippen molar-refractivity contribution in [3.05, 3.63) is 0 Å². The molecule has 0 aromatic carbocycles. The molecule has 1 rings (SSSR count). The Labute approximate surface area is 68.2 Å². The second-order valence-electron chi connectivity index (χ2n) is 4.06. The van der Waals surface area contributed by atoms with Crippen molar-refractivity contribution in [2.75, 3.05) is 0 Å². The maximum absolute atomic E-state index is 9.44. The van der Waals surface area contributed by atoms with E-state index in [0.29, 0.717) is 0 Å². The Morgan fingerprint density at radius 2 is 1.82 bits per heavy atom. The molecule has 0 saturated heterocycles. The van der Waals surface area contributed by atoms with Crippen molar-refractivity contribution in [3.8, 4) is 0 Å². The predicted octanol–water partition coefficient (Wildman–Crippen LogP) is 1.31. The van der Waals surface area contributed by atoms with E-state index in [4.69, 9.17) is 0 Å². The van der Waals surface area contributed by atoms with Crippen LogP contribution in [0.2, 0.25) is 0 Å². The molecule has 11 heavy (non-hydrogen) atoms. The van der Waals surface area contributed by atoms with Crippen molar-refractivity contribution < 1.29 is 10.2 Å². The molecule has 2 nitrogen and oxygen atoms in total. The molecular weight excluding hydrogens is 140 g/mol. The topological polar surface area (TPSA) is 40.5 Å². The van der Waals surface area contributed by atoms with E-state index in [2.05, 4.69) is 6.92 Å². The molecule has 0 aliphatic heterocycles. The van der Waals surface area contributed by atoms with Crippen LogP contribution >= 0.6 is 0 Å². The maximum Gasteiger partial charge on any atom is 0.0565 e. The average molecular weight is 158 g/mol. The number of hydrogen-bond acceptors (Lipinski definition) is 2. The van der Waals surface area contributed by atoms with Gasteiger partial charge in [0.25, 0.3) is 0 Å². The Hall–Kier alpha value is -0.0800. The smallest absolute Gasteiger partial charge is 0.0565 e. The van der Waals surface area contributed by atoms with Gasteiger partial charge in [-0.25, -0.2) is 0 Å². The Morgan fingerprint density at radius 1 is 1.36 bits per heavy atom. The van der Waals surface area contributed by atoms with E-state index in [1.807, 2.05) is 6.92 Å². The van der Waals surface area contributed by atoms with E-state index in [1.165, 1.54) is 0 Å². The largest absolute Gasteiger partial charge is 0.393 e. The Balaban J connectivity index is 2.48. The van der Waals surface area contributed by atoms with Crippen LogP contribution in [0.1, 0.15) is 39.5 Å². The van der Waals surface area contributed by atoms with Crippen LogP contribution in [-0.4, -0.2) is 22.4 Å². The van der Waals surface area contributed by atoms with Crippen molar-refractivity contribution >= 4 is 0 Å². The molecule has 1 unspecified atom stereocenters. The van der Waals surface area contributed by atoms with Crippen molar-refractivity contribution in [3.63, 3.8) is 0 Å². The highest BCUT2D eigenvalue weighted by atomic mass is 16.3. The number of aliphatic hydroxyl groups is 2. The second kappa shape index (κ2) is 3.11. The summed E-state index contributed by atoms with van der Waals surface area (Å²) >= 11 is 0. The lowest BCUT2D eigenvalue weighted by molar-refractivity contribution is -0.0111. The molecule has 1 aliphatic carbocycles. The first-order chi connectivity index (χ1) is 5.04. The highest BCUT2D eigenvalue weighted by Crippen LogP contribution is 2.38. The Morgan fingerprint density at radius 3 is 2.18 bits per heavy atom. The first-order valence-corrected chi connectivity index (χ1v) is 4.41. The van der Waals surface area contributed by atoms with Crippen LogP contribution in [0.15, 0.2) is 0 Å². The van der Waals surface area contributed by atoms with Crippen LogP contribution in [0.4, 0.5) is 0 Å². The summed E-state index contributed by atoms with van der Waals surface area (Å²) in [6.45, 7) is 3.95. The maximum atomic E-state index is 9.44. The third kappa shape index (κ3) is 1.94. The molecule has 1 fully saturated rings. The summed E-state index contributed by atoms with van der Waals surface area (Å²) in [5, 5.41) is 18.7. The number of rotatable bonds is 1. The van der Waals surface area contributed by atoms with E-state index < -0.39 is 0 Å². The van der Waals surface area contributed by atoms with Gasteiger partial charge in [0, 0.05) is 0 Å². The van der Waals surface area contributed by atoms with Crippen LogP contribution < -0.4 is 0 Å². The van der Waals surface area contributed by atoms with Gasteiger partial charge in [0.1, 0.15) is 0 Å². The molecule has 1 saturated carbocycles. The summed E-state index contributed by atoms with van der Waals surface area (Å²) in [6, 6.07) is 0. The van der Waals surface area contributed by atoms with E-state index in [-0.39, 0.29) is 17.6 Å². The van der Waals surface area contributed by atoms with Crippen LogP contribution in [0.25, 0.3) is 0 Å². The summed E-state index contributed by atoms with van der Waals surface area (Å²) < 4.78 is 0. The van der Waals surface area contributed by atoms with E-state index in [1.54, 1.807) is 0 Å². The van der Waals surface area contributed by atoms with Crippen LogP contribution in [-0.2, 0) is 0 Å². The quantitative estimate of drug-likeness (QED) is 0.604. The summed E-state index contributed by atoms with van der Waals surface area (Å²) in [5.41, 5.74) is 0.0548. The van der Waals surface area contributed by atoms with Gasteiger partial charge in [0.2, 0.25) is 0 Å². The fourth-order valence-electron chi connectivity index (χ4n) is 1.68. The molecular formula is C9H18O2. The predicted molar refractivity (Wildman–Crippen MR) is 44.3 cm³/mol. The number of aliphatic hydroxyl groups excluding tert-OH is 2. The molecule has 1 aliphatic rings. The summed E-state index contributed by atoms with van der Waals surface area (Å²) in [4.78, 5) is 0. The van der Waals surface area contributed by atoms with Crippen LogP contribution in [0.5, 0.6) is 0 Å². The summed E-state index contributed by atoms with van der Waals surface area (Å²) in [7, 11) is 0. The fourth-order valence-corrected chi connectivity index (χ4v) is 1.68. The van der Waals surface area contributed by atoms with Crippen molar-refractivity contribution in [1.29, 1.82) is 0 Å². The van der Waals surface area contributed by atoms with Gasteiger partial charge in [-0.2, -0.15) is 0 Å². The van der Waals surface area contributed by atoms with E-state index in [0.717, 1.165) is 25.7 Å². The zero-order valence-corrected chi connectivity index (χ0v) is 7.38. The highest BCUT2D eigenvalue weighted by Gasteiger charge is 2.34. The zero-order valence-electron chi connectivity index (χ0n) is 7.38. The first kappa shape index (κ1) is 9.01. The standard InChI is InChI=1S/C9H18O2/c1-7(10)9(2)5-3-8(11)4-6-9/h7-8,10-11H,3-6H2,1-2H3. The third-order valence-corrected chi connectivity index (χ3v) is 3.11. The summed E-state index contributed by atoms with van der Waals surface area (Å²) in [5.74, 6) is 0. The minimum atomic E-state index is -0.241. The van der Waals surface area contributed by atoms with Crippen molar-refractivity contribution in [1.82, 2.24) is 0 Å². The fraction of sp³-hybridized carbons (Fsp3) is 1.00. The molecule has 0 aromatic rings. The van der Waals surface area contributed by atoms with Gasteiger partial charge in [-0.1, -0.05) is 6.92 Å². The van der Waals surface area contributed by atoms with Gasteiger partial charge < -0.3 is 10.2 Å². The molecule has 0 heterocycles. The summed E-state index contributed by atoms with van der Waals surface area (Å²) in [6.07, 6.45) is 3.23. The molecule has 0 spiro atoms. The van der Waals surface area contributed by atoms with Gasteiger partial charge >= 0.3 is 0 Å². The highest BCUT2D eigenvalue weighted by molar-refractivity contribution is 4.85. The lowest BCUT2D eigenvalue weighted by Crippen LogP contribution is -2.35. The lowest BCUT2D eigenvalue weighted by atomic mass is 9.71. The van der Waals surface area contributed by atoms with Crippen LogP contribution in [0, 0.1) is 5.41 Å². The van der Waals surface area contributed by atoms with Gasteiger partial charge in [-0.3, -0.25) is 0 Å². The molecule has 2 N–H and O–H groups in total. The zero-order chi connectivity index (χ0) is 8.48. The van der Waals surface area contributed by atoms with E-state index >= 15 is 0 Å². The minimum absolute atomic E-state index is 0.0548. The van der Waals surface area contributed by atoms with Crippen LogP contribution in [0.3, 0.4) is 0 Å². The van der Waals surface area contributed by atoms with E-state index in [9.17, 15) is 10.2 Å². The Bertz CT molecular complexity index is 124. The molecule has 2 heteroatoms. The molecule has 0 aromatic heterocycles. The average Bonchev–Trinajstić information content (AvgIpc) is 1.95. The van der Waals surface area contributed by atoms with Gasteiger partial charge in [0.15, 0.2) is 0 Å². The molecule has 0 amide bonds. The normalized spacial score (nSPS) is 42.0. The monoisotopic (exact) mass is 158 g/mol. The van der Waals surface area contributed by atoms with Crippen molar-refractivity contribution in [2.24, 2.45) is 5.41 Å². The van der Waals surface area contributed by atoms with Crippen molar-refractivity contribution in [2.45, 2.75) is 51.7 Å². The number of hydrogen-bond donors (Lipinski definition) is 2. The van der Waals surface area contributed by atoms with Gasteiger partial charge in [-0.15, -0.1) is 0 Å². The minimum Gasteiger partial charge on any atom is -0.393 e. The first-order valence-electron chi connectivity index (χ1n) is 4.41. The molecule has 66 valence electrons. The molecule has 1 atom stereocenters.